The fourth-order valence-corrected chi connectivity index (χ4v) is 2.20. The largest absolute Gasteiger partial charge is 0.455 e. The van der Waals surface area contributed by atoms with Gasteiger partial charge in [0.2, 0.25) is 0 Å². The molecule has 0 saturated carbocycles. The number of nitro benzene ring substituents is 1. The van der Waals surface area contributed by atoms with Crippen molar-refractivity contribution in [3.63, 3.8) is 0 Å². The van der Waals surface area contributed by atoms with Crippen molar-refractivity contribution in [1.29, 1.82) is 0 Å². The van der Waals surface area contributed by atoms with Crippen LogP contribution in [0.2, 0.25) is 0 Å². The van der Waals surface area contributed by atoms with Gasteiger partial charge in [0.25, 0.3) is 11.6 Å². The van der Waals surface area contributed by atoms with E-state index in [2.05, 4.69) is 10.5 Å². The lowest BCUT2D eigenvalue weighted by Gasteiger charge is -1.99. The Bertz CT molecular complexity index is 997. The minimum atomic E-state index is -0.595. The fraction of sp³-hybridized carbons (Fsp3) is 0. The monoisotopic (exact) mass is 353 g/mol. The highest BCUT2D eigenvalue weighted by molar-refractivity contribution is 5.95. The molecule has 0 bridgehead atoms. The number of hydrogen-bond acceptors (Lipinski definition) is 5. The van der Waals surface area contributed by atoms with Crippen LogP contribution in [0.1, 0.15) is 16.1 Å². The maximum absolute atomic E-state index is 13.2. The number of hydrogen-bond donors (Lipinski definition) is 1. The first-order valence-corrected chi connectivity index (χ1v) is 7.46. The van der Waals surface area contributed by atoms with Crippen LogP contribution in [-0.4, -0.2) is 17.0 Å². The number of carbonyl (C=O) groups is 1. The molecule has 0 unspecified atom stereocenters. The van der Waals surface area contributed by atoms with E-state index in [4.69, 9.17) is 4.42 Å². The molecule has 2 aromatic carbocycles. The summed E-state index contributed by atoms with van der Waals surface area (Å²) in [5.41, 5.74) is 2.75. The van der Waals surface area contributed by atoms with Crippen LogP contribution in [0, 0.1) is 15.9 Å². The zero-order chi connectivity index (χ0) is 18.5. The molecular formula is C18H12FN3O4. The van der Waals surface area contributed by atoms with E-state index in [9.17, 15) is 19.3 Å². The molecule has 0 aliphatic rings. The fourth-order valence-electron chi connectivity index (χ4n) is 2.20. The molecule has 0 spiro atoms. The van der Waals surface area contributed by atoms with Crippen LogP contribution in [0.5, 0.6) is 0 Å². The highest BCUT2D eigenvalue weighted by atomic mass is 19.1. The van der Waals surface area contributed by atoms with E-state index in [1.807, 2.05) is 0 Å². The van der Waals surface area contributed by atoms with Gasteiger partial charge < -0.3 is 4.42 Å². The molecule has 3 rings (SSSR count). The van der Waals surface area contributed by atoms with E-state index in [1.54, 1.807) is 24.3 Å². The Morgan fingerprint density at radius 2 is 1.96 bits per heavy atom. The summed E-state index contributed by atoms with van der Waals surface area (Å²) >= 11 is 0. The molecule has 0 radical (unpaired) electrons. The number of benzene rings is 2. The Balaban J connectivity index is 1.67. The predicted molar refractivity (Wildman–Crippen MR) is 92.3 cm³/mol. The number of furan rings is 1. The quantitative estimate of drug-likeness (QED) is 0.429. The summed E-state index contributed by atoms with van der Waals surface area (Å²) in [6.07, 6.45) is 1.28. The molecular weight excluding hydrogens is 341 g/mol. The van der Waals surface area contributed by atoms with Gasteiger partial charge in [-0.15, -0.1) is 0 Å². The number of non-ortho nitro benzene ring substituents is 1. The molecule has 3 aromatic rings. The predicted octanol–water partition coefficient (Wildman–Crippen LogP) is 3.76. The lowest BCUT2D eigenvalue weighted by Crippen LogP contribution is -2.17. The van der Waals surface area contributed by atoms with Crippen molar-refractivity contribution in [2.24, 2.45) is 5.10 Å². The van der Waals surface area contributed by atoms with E-state index >= 15 is 0 Å². The van der Waals surface area contributed by atoms with E-state index in [1.165, 1.54) is 36.5 Å². The van der Waals surface area contributed by atoms with Crippen molar-refractivity contribution in [3.05, 3.63) is 87.9 Å². The molecule has 26 heavy (non-hydrogen) atoms. The first-order valence-electron chi connectivity index (χ1n) is 7.46. The standard InChI is InChI=1S/C18H12FN3O4/c19-14-5-1-3-12(9-14)17-8-7-16(26-17)11-20-21-18(23)13-4-2-6-15(10-13)22(24)25/h1-11H,(H,21,23)/b20-11-. The van der Waals surface area contributed by atoms with Crippen LogP contribution < -0.4 is 5.43 Å². The number of rotatable bonds is 5. The lowest BCUT2D eigenvalue weighted by atomic mass is 10.2. The van der Waals surface area contributed by atoms with Gasteiger partial charge in [0.1, 0.15) is 17.3 Å². The number of nitro groups is 1. The first-order chi connectivity index (χ1) is 12.5. The number of amides is 1. The summed E-state index contributed by atoms with van der Waals surface area (Å²) in [6.45, 7) is 0. The van der Waals surface area contributed by atoms with Crippen LogP contribution in [0.15, 0.2) is 70.2 Å². The summed E-state index contributed by atoms with van der Waals surface area (Å²) in [5, 5.41) is 14.5. The van der Waals surface area contributed by atoms with Gasteiger partial charge in [-0.3, -0.25) is 14.9 Å². The van der Waals surface area contributed by atoms with Gasteiger partial charge in [-0.25, -0.2) is 9.82 Å². The van der Waals surface area contributed by atoms with Gasteiger partial charge in [-0.05, 0) is 30.3 Å². The highest BCUT2D eigenvalue weighted by Crippen LogP contribution is 2.22. The second kappa shape index (κ2) is 7.39. The Morgan fingerprint density at radius 3 is 2.73 bits per heavy atom. The van der Waals surface area contributed by atoms with Gasteiger partial charge in [0.15, 0.2) is 0 Å². The zero-order valence-corrected chi connectivity index (χ0v) is 13.3. The maximum Gasteiger partial charge on any atom is 0.271 e. The highest BCUT2D eigenvalue weighted by Gasteiger charge is 2.11. The van der Waals surface area contributed by atoms with Crippen LogP contribution in [0.4, 0.5) is 10.1 Å². The summed E-state index contributed by atoms with van der Waals surface area (Å²) in [7, 11) is 0. The molecule has 0 atom stereocenters. The Hall–Kier alpha value is -3.81. The number of halogens is 1. The van der Waals surface area contributed by atoms with Gasteiger partial charge in [0.05, 0.1) is 11.1 Å². The van der Waals surface area contributed by atoms with Crippen LogP contribution in [0.3, 0.4) is 0 Å². The molecule has 130 valence electrons. The van der Waals surface area contributed by atoms with Gasteiger partial charge in [0, 0.05) is 23.3 Å². The van der Waals surface area contributed by atoms with Gasteiger partial charge >= 0.3 is 0 Å². The minimum Gasteiger partial charge on any atom is -0.455 e. The third kappa shape index (κ3) is 3.99. The molecule has 0 aliphatic heterocycles. The molecule has 0 fully saturated rings. The van der Waals surface area contributed by atoms with E-state index in [-0.39, 0.29) is 17.1 Å². The molecule has 0 saturated heterocycles. The smallest absolute Gasteiger partial charge is 0.271 e. The lowest BCUT2D eigenvalue weighted by molar-refractivity contribution is -0.384. The summed E-state index contributed by atoms with van der Waals surface area (Å²) in [6, 6.07) is 14.5. The van der Waals surface area contributed by atoms with E-state index < -0.39 is 10.8 Å². The average Bonchev–Trinajstić information content (AvgIpc) is 3.10. The number of hydrazone groups is 1. The molecule has 7 nitrogen and oxygen atoms in total. The Morgan fingerprint density at radius 1 is 1.15 bits per heavy atom. The second-order valence-electron chi connectivity index (χ2n) is 5.22. The minimum absolute atomic E-state index is 0.108. The number of nitrogens with zero attached hydrogens (tertiary/aromatic N) is 2. The van der Waals surface area contributed by atoms with Gasteiger partial charge in [-0.1, -0.05) is 18.2 Å². The number of carbonyl (C=O) groups excluding carboxylic acids is 1. The summed E-state index contributed by atoms with van der Waals surface area (Å²) in [5.74, 6) is -0.167. The molecule has 1 amide bonds. The van der Waals surface area contributed by atoms with E-state index in [0.717, 1.165) is 6.07 Å². The first kappa shape index (κ1) is 17.0. The normalized spacial score (nSPS) is 10.8. The van der Waals surface area contributed by atoms with Gasteiger partial charge in [-0.2, -0.15) is 5.10 Å². The van der Waals surface area contributed by atoms with Crippen LogP contribution >= 0.6 is 0 Å². The zero-order valence-electron chi connectivity index (χ0n) is 13.3. The molecule has 1 N–H and O–H groups in total. The third-order valence-corrected chi connectivity index (χ3v) is 3.41. The van der Waals surface area contributed by atoms with Crippen molar-refractivity contribution in [2.75, 3.05) is 0 Å². The van der Waals surface area contributed by atoms with Crippen molar-refractivity contribution >= 4 is 17.8 Å². The van der Waals surface area contributed by atoms with Crippen LogP contribution in [-0.2, 0) is 0 Å². The topological polar surface area (TPSA) is 97.7 Å². The Kier molecular flexibility index (Phi) is 4.84. The third-order valence-electron chi connectivity index (χ3n) is 3.41. The van der Waals surface area contributed by atoms with Crippen molar-refractivity contribution in [3.8, 4) is 11.3 Å². The summed E-state index contributed by atoms with van der Waals surface area (Å²) in [4.78, 5) is 22.1. The average molecular weight is 353 g/mol. The second-order valence-corrected chi connectivity index (χ2v) is 5.22. The maximum atomic E-state index is 13.2. The SMILES string of the molecule is O=C(N/N=C\c1ccc(-c2cccc(F)c2)o1)c1cccc([N+](=O)[O-])c1. The summed E-state index contributed by atoms with van der Waals surface area (Å²) < 4.78 is 18.7. The van der Waals surface area contributed by atoms with Crippen molar-refractivity contribution in [2.45, 2.75) is 0 Å². The molecule has 8 heteroatoms. The molecule has 1 heterocycles. The van der Waals surface area contributed by atoms with Crippen LogP contribution in [0.25, 0.3) is 11.3 Å². The van der Waals surface area contributed by atoms with Crippen molar-refractivity contribution in [1.82, 2.24) is 5.43 Å². The molecule has 1 aromatic heterocycles. The van der Waals surface area contributed by atoms with E-state index in [0.29, 0.717) is 17.1 Å². The van der Waals surface area contributed by atoms with Crippen molar-refractivity contribution < 1.29 is 18.5 Å². The molecule has 0 aliphatic carbocycles. The Labute approximate surface area is 146 Å². The number of nitrogens with one attached hydrogen (secondary N) is 1.